The molecule has 27 heavy (non-hydrogen) atoms. The van der Waals surface area contributed by atoms with Crippen LogP contribution in [0.3, 0.4) is 0 Å². The smallest absolute Gasteiger partial charge is 0.194 e. The Morgan fingerprint density at radius 1 is 1.15 bits per heavy atom. The number of nitrogens with zero attached hydrogens (tertiary/aromatic N) is 3. The predicted molar refractivity (Wildman–Crippen MR) is 115 cm³/mol. The van der Waals surface area contributed by atoms with Crippen molar-refractivity contribution in [1.29, 1.82) is 0 Å². The number of fused-ring (bicyclic) bond motifs is 1. The second-order valence-electron chi connectivity index (χ2n) is 5.66. The maximum absolute atomic E-state index is 6.02. The molecule has 0 N–H and O–H groups in total. The third kappa shape index (κ3) is 4.04. The minimum atomic E-state index is 0.298. The van der Waals surface area contributed by atoms with E-state index in [4.69, 9.17) is 33.0 Å². The number of hydrogen-bond acceptors (Lipinski definition) is 4. The summed E-state index contributed by atoms with van der Waals surface area (Å²) in [7, 11) is 0. The number of aromatic nitrogens is 2. The molecule has 0 aliphatic rings. The van der Waals surface area contributed by atoms with Crippen LogP contribution >= 0.6 is 50.5 Å². The SMILES string of the molecule is Clc1ccc(CON=Cc2c(-c3ccc(Br)cc3)nc3sccn23)cc1Cl. The van der Waals surface area contributed by atoms with E-state index in [1.165, 1.54) is 0 Å². The molecular weight excluding hydrogens is 469 g/mol. The second kappa shape index (κ2) is 8.02. The van der Waals surface area contributed by atoms with Crippen molar-refractivity contribution in [2.45, 2.75) is 6.61 Å². The van der Waals surface area contributed by atoms with Gasteiger partial charge in [-0.15, -0.1) is 11.3 Å². The molecule has 0 saturated heterocycles. The lowest BCUT2D eigenvalue weighted by Crippen LogP contribution is -1.93. The molecule has 2 aromatic carbocycles. The molecular formula is C19H12BrCl2N3OS. The zero-order valence-corrected chi connectivity index (χ0v) is 17.7. The first kappa shape index (κ1) is 18.5. The monoisotopic (exact) mass is 479 g/mol. The van der Waals surface area contributed by atoms with Crippen LogP contribution in [0.1, 0.15) is 11.3 Å². The third-order valence-electron chi connectivity index (χ3n) is 3.88. The van der Waals surface area contributed by atoms with Crippen molar-refractivity contribution in [2.24, 2.45) is 5.16 Å². The van der Waals surface area contributed by atoms with Crippen LogP contribution in [0, 0.1) is 0 Å². The Hall–Kier alpha value is -1.86. The number of benzene rings is 2. The Morgan fingerprint density at radius 3 is 2.74 bits per heavy atom. The zero-order chi connectivity index (χ0) is 18.8. The molecule has 136 valence electrons. The molecule has 4 nitrogen and oxygen atoms in total. The van der Waals surface area contributed by atoms with E-state index in [1.807, 2.05) is 46.3 Å². The quantitative estimate of drug-likeness (QED) is 0.236. The highest BCUT2D eigenvalue weighted by atomic mass is 79.9. The fraction of sp³-hybridized carbons (Fsp3) is 0.0526. The lowest BCUT2D eigenvalue weighted by Gasteiger charge is -2.03. The van der Waals surface area contributed by atoms with Gasteiger partial charge in [-0.1, -0.05) is 62.5 Å². The first-order valence-electron chi connectivity index (χ1n) is 7.92. The minimum Gasteiger partial charge on any atom is -0.391 e. The standard InChI is InChI=1S/C19H12BrCl2N3OS/c20-14-4-2-13(3-5-14)18-17(25-7-8-27-19(25)24-18)10-23-26-11-12-1-6-15(21)16(22)9-12/h1-10H,11H2. The first-order chi connectivity index (χ1) is 13.1. The van der Waals surface area contributed by atoms with Gasteiger partial charge in [0.2, 0.25) is 0 Å². The van der Waals surface area contributed by atoms with Crippen molar-refractivity contribution < 1.29 is 4.84 Å². The van der Waals surface area contributed by atoms with Gasteiger partial charge in [-0.25, -0.2) is 4.98 Å². The van der Waals surface area contributed by atoms with Gasteiger partial charge >= 0.3 is 0 Å². The van der Waals surface area contributed by atoms with E-state index in [0.717, 1.165) is 31.9 Å². The molecule has 4 rings (SSSR count). The molecule has 0 fully saturated rings. The number of halogens is 3. The summed E-state index contributed by atoms with van der Waals surface area (Å²) in [6.07, 6.45) is 3.65. The highest BCUT2D eigenvalue weighted by molar-refractivity contribution is 9.10. The van der Waals surface area contributed by atoms with Crippen LogP contribution in [0.2, 0.25) is 10.0 Å². The van der Waals surface area contributed by atoms with Crippen LogP contribution in [0.15, 0.2) is 63.7 Å². The lowest BCUT2D eigenvalue weighted by atomic mass is 10.1. The number of thiazole rings is 1. The third-order valence-corrected chi connectivity index (χ3v) is 5.91. The predicted octanol–water partition coefficient (Wildman–Crippen LogP) is 6.68. The van der Waals surface area contributed by atoms with Crippen molar-refractivity contribution in [3.63, 3.8) is 0 Å². The average Bonchev–Trinajstić information content (AvgIpc) is 3.24. The van der Waals surface area contributed by atoms with E-state index < -0.39 is 0 Å². The lowest BCUT2D eigenvalue weighted by molar-refractivity contribution is 0.132. The van der Waals surface area contributed by atoms with Crippen LogP contribution in [0.4, 0.5) is 0 Å². The first-order valence-corrected chi connectivity index (χ1v) is 10.4. The van der Waals surface area contributed by atoms with Crippen molar-refractivity contribution in [1.82, 2.24) is 9.38 Å². The maximum Gasteiger partial charge on any atom is 0.194 e. The summed E-state index contributed by atoms with van der Waals surface area (Å²) < 4.78 is 3.01. The molecule has 0 radical (unpaired) electrons. The van der Waals surface area contributed by atoms with Crippen LogP contribution in [-0.2, 0) is 11.4 Å². The number of hydrogen-bond donors (Lipinski definition) is 0. The Kier molecular flexibility index (Phi) is 5.50. The largest absolute Gasteiger partial charge is 0.391 e. The fourth-order valence-electron chi connectivity index (χ4n) is 2.58. The van der Waals surface area contributed by atoms with Gasteiger partial charge in [0, 0.05) is 21.6 Å². The van der Waals surface area contributed by atoms with Crippen LogP contribution in [0.5, 0.6) is 0 Å². The van der Waals surface area contributed by atoms with Crippen LogP contribution < -0.4 is 0 Å². The van der Waals surface area contributed by atoms with Crippen molar-refractivity contribution >= 4 is 61.6 Å². The fourth-order valence-corrected chi connectivity index (χ4v) is 3.88. The molecule has 2 aromatic heterocycles. The molecule has 0 saturated carbocycles. The van der Waals surface area contributed by atoms with Crippen LogP contribution in [-0.4, -0.2) is 15.6 Å². The molecule has 0 bridgehead atoms. The van der Waals surface area contributed by atoms with E-state index in [0.29, 0.717) is 16.7 Å². The van der Waals surface area contributed by atoms with Gasteiger partial charge in [0.1, 0.15) is 6.61 Å². The highest BCUT2D eigenvalue weighted by Crippen LogP contribution is 2.27. The van der Waals surface area contributed by atoms with Crippen molar-refractivity contribution in [2.75, 3.05) is 0 Å². The molecule has 0 atom stereocenters. The normalized spacial score (nSPS) is 11.5. The summed E-state index contributed by atoms with van der Waals surface area (Å²) in [6, 6.07) is 13.4. The highest BCUT2D eigenvalue weighted by Gasteiger charge is 2.13. The summed E-state index contributed by atoms with van der Waals surface area (Å²) in [4.78, 5) is 11.1. The van der Waals surface area contributed by atoms with Gasteiger partial charge in [0.15, 0.2) is 4.96 Å². The number of imidazole rings is 1. The van der Waals surface area contributed by atoms with Gasteiger partial charge < -0.3 is 4.84 Å². The molecule has 0 amide bonds. The molecule has 0 aliphatic heterocycles. The number of rotatable bonds is 5. The molecule has 4 aromatic rings. The van der Waals surface area contributed by atoms with E-state index in [-0.39, 0.29) is 0 Å². The van der Waals surface area contributed by atoms with E-state index in [1.54, 1.807) is 29.7 Å². The molecule has 0 spiro atoms. The Balaban J connectivity index is 1.58. The Bertz CT molecular complexity index is 1120. The van der Waals surface area contributed by atoms with Crippen LogP contribution in [0.25, 0.3) is 16.2 Å². The van der Waals surface area contributed by atoms with Gasteiger partial charge in [0.25, 0.3) is 0 Å². The van der Waals surface area contributed by atoms with E-state index >= 15 is 0 Å². The summed E-state index contributed by atoms with van der Waals surface area (Å²) in [5.41, 5.74) is 3.63. The maximum atomic E-state index is 6.02. The summed E-state index contributed by atoms with van der Waals surface area (Å²) >= 11 is 17.0. The Morgan fingerprint density at radius 2 is 1.96 bits per heavy atom. The van der Waals surface area contributed by atoms with Gasteiger partial charge in [-0.2, -0.15) is 0 Å². The molecule has 0 aliphatic carbocycles. The van der Waals surface area contributed by atoms with Gasteiger partial charge in [-0.05, 0) is 29.8 Å². The topological polar surface area (TPSA) is 38.9 Å². The summed E-state index contributed by atoms with van der Waals surface area (Å²) in [6.45, 7) is 0.298. The summed E-state index contributed by atoms with van der Waals surface area (Å²) in [5.74, 6) is 0. The molecule has 8 heteroatoms. The van der Waals surface area contributed by atoms with Crippen molar-refractivity contribution in [3.8, 4) is 11.3 Å². The number of oxime groups is 1. The van der Waals surface area contributed by atoms with E-state index in [2.05, 4.69) is 21.1 Å². The second-order valence-corrected chi connectivity index (χ2v) is 8.27. The zero-order valence-electron chi connectivity index (χ0n) is 13.8. The van der Waals surface area contributed by atoms with Gasteiger partial charge in [-0.3, -0.25) is 4.40 Å². The Labute approximate surface area is 178 Å². The van der Waals surface area contributed by atoms with Gasteiger partial charge in [0.05, 0.1) is 27.6 Å². The molecule has 0 unspecified atom stereocenters. The molecule has 2 heterocycles. The summed E-state index contributed by atoms with van der Waals surface area (Å²) in [5, 5.41) is 7.13. The van der Waals surface area contributed by atoms with Crippen molar-refractivity contribution in [3.05, 3.63) is 79.8 Å². The minimum absolute atomic E-state index is 0.298. The van der Waals surface area contributed by atoms with E-state index in [9.17, 15) is 0 Å². The average molecular weight is 481 g/mol.